The van der Waals surface area contributed by atoms with Gasteiger partial charge in [0.25, 0.3) is 0 Å². The maximum atomic E-state index is 6.53. The predicted molar refractivity (Wildman–Crippen MR) is 219 cm³/mol. The summed E-state index contributed by atoms with van der Waals surface area (Å²) in [5.74, 6) is 1.80. The van der Waals surface area contributed by atoms with Gasteiger partial charge in [-0.05, 0) is 64.0 Å². The van der Waals surface area contributed by atoms with Crippen molar-refractivity contribution in [1.29, 1.82) is 0 Å². The van der Waals surface area contributed by atoms with E-state index in [-0.39, 0.29) is 0 Å². The van der Waals surface area contributed by atoms with Gasteiger partial charge in [0.2, 0.25) is 0 Å². The van der Waals surface area contributed by atoms with Crippen molar-refractivity contribution in [3.05, 3.63) is 176 Å². The summed E-state index contributed by atoms with van der Waals surface area (Å²) in [5.41, 5.74) is 10.5. The minimum absolute atomic E-state index is 0.584. The molecule has 0 aliphatic carbocycles. The molecule has 8 aromatic carbocycles. The molecule has 0 radical (unpaired) electrons. The number of furan rings is 2. The van der Waals surface area contributed by atoms with E-state index in [0.717, 1.165) is 88.2 Å². The monoisotopic (exact) mass is 691 g/mol. The summed E-state index contributed by atoms with van der Waals surface area (Å²) < 4.78 is 13.0. The molecule has 54 heavy (non-hydrogen) atoms. The minimum Gasteiger partial charge on any atom is -0.456 e. The van der Waals surface area contributed by atoms with Crippen molar-refractivity contribution in [2.75, 3.05) is 0 Å². The van der Waals surface area contributed by atoms with Crippen molar-refractivity contribution in [3.63, 3.8) is 0 Å². The summed E-state index contributed by atoms with van der Waals surface area (Å²) in [4.78, 5) is 15.2. The van der Waals surface area contributed by atoms with E-state index < -0.39 is 0 Å². The number of benzene rings is 8. The average molecular weight is 692 g/mol. The molecule has 0 saturated carbocycles. The molecule has 0 saturated heterocycles. The van der Waals surface area contributed by atoms with Crippen LogP contribution in [0, 0.1) is 0 Å². The van der Waals surface area contributed by atoms with Crippen LogP contribution in [0.2, 0.25) is 0 Å². The van der Waals surface area contributed by atoms with E-state index in [9.17, 15) is 0 Å². The highest BCUT2D eigenvalue weighted by Gasteiger charge is 2.19. The maximum Gasteiger partial charge on any atom is 0.164 e. The first-order valence-electron chi connectivity index (χ1n) is 18.0. The topological polar surface area (TPSA) is 65.0 Å². The van der Waals surface area contributed by atoms with Gasteiger partial charge in [-0.3, -0.25) is 0 Å². The minimum atomic E-state index is 0.584. The zero-order valence-corrected chi connectivity index (χ0v) is 28.9. The highest BCUT2D eigenvalue weighted by molar-refractivity contribution is 6.16. The molecule has 5 heteroatoms. The molecule has 0 bridgehead atoms. The molecule has 0 N–H and O–H groups in total. The Balaban J connectivity index is 1.06. The van der Waals surface area contributed by atoms with Crippen LogP contribution in [-0.4, -0.2) is 15.0 Å². The summed E-state index contributed by atoms with van der Waals surface area (Å²) in [6, 6.07) is 60.4. The number of nitrogens with zero attached hydrogens (tertiary/aromatic N) is 3. The number of rotatable bonds is 5. The summed E-state index contributed by atoms with van der Waals surface area (Å²) in [7, 11) is 0. The molecule has 0 aliphatic heterocycles. The molecule has 252 valence electrons. The molecular weight excluding hydrogens is 663 g/mol. The van der Waals surface area contributed by atoms with E-state index >= 15 is 0 Å². The number of fused-ring (bicyclic) bond motifs is 8. The van der Waals surface area contributed by atoms with Gasteiger partial charge < -0.3 is 8.83 Å². The number of aromatic nitrogens is 3. The third-order valence-electron chi connectivity index (χ3n) is 10.4. The van der Waals surface area contributed by atoms with Crippen LogP contribution in [0.3, 0.4) is 0 Å². The Morgan fingerprint density at radius 3 is 1.74 bits per heavy atom. The number of hydrogen-bond donors (Lipinski definition) is 0. The van der Waals surface area contributed by atoms with Gasteiger partial charge in [0.1, 0.15) is 22.3 Å². The fourth-order valence-corrected chi connectivity index (χ4v) is 7.66. The lowest BCUT2D eigenvalue weighted by Gasteiger charge is -2.10. The van der Waals surface area contributed by atoms with E-state index in [0.29, 0.717) is 17.5 Å². The van der Waals surface area contributed by atoms with E-state index in [1.807, 2.05) is 54.6 Å². The van der Waals surface area contributed by atoms with Crippen LogP contribution in [0.5, 0.6) is 0 Å². The smallest absolute Gasteiger partial charge is 0.164 e. The molecule has 0 amide bonds. The van der Waals surface area contributed by atoms with Crippen LogP contribution in [0.4, 0.5) is 0 Å². The van der Waals surface area contributed by atoms with E-state index in [1.165, 1.54) is 5.39 Å². The maximum absolute atomic E-state index is 6.53. The zero-order valence-electron chi connectivity index (χ0n) is 28.9. The van der Waals surface area contributed by atoms with Gasteiger partial charge in [-0.2, -0.15) is 0 Å². The van der Waals surface area contributed by atoms with Crippen LogP contribution in [-0.2, 0) is 0 Å². The molecule has 11 rings (SSSR count). The van der Waals surface area contributed by atoms with Crippen LogP contribution in [0.25, 0.3) is 111 Å². The quantitative estimate of drug-likeness (QED) is 0.180. The molecule has 0 fully saturated rings. The molecule has 3 aromatic heterocycles. The van der Waals surface area contributed by atoms with Crippen molar-refractivity contribution in [2.24, 2.45) is 0 Å². The Morgan fingerprint density at radius 1 is 0.315 bits per heavy atom. The number of hydrogen-bond acceptors (Lipinski definition) is 5. The lowest BCUT2D eigenvalue weighted by atomic mass is 9.99. The van der Waals surface area contributed by atoms with E-state index in [1.54, 1.807) is 0 Å². The Morgan fingerprint density at radius 2 is 0.926 bits per heavy atom. The van der Waals surface area contributed by atoms with Crippen molar-refractivity contribution in [1.82, 2.24) is 15.0 Å². The summed E-state index contributed by atoms with van der Waals surface area (Å²) in [6.07, 6.45) is 0. The van der Waals surface area contributed by atoms with Gasteiger partial charge >= 0.3 is 0 Å². The second-order valence-corrected chi connectivity index (χ2v) is 13.6. The van der Waals surface area contributed by atoms with E-state index in [4.69, 9.17) is 23.8 Å². The average Bonchev–Trinajstić information content (AvgIpc) is 3.82. The molecule has 3 heterocycles. The molecule has 0 aliphatic rings. The van der Waals surface area contributed by atoms with Gasteiger partial charge in [0.05, 0.1) is 0 Å². The van der Waals surface area contributed by atoms with Crippen molar-refractivity contribution < 1.29 is 8.83 Å². The lowest BCUT2D eigenvalue weighted by molar-refractivity contribution is 0.669. The van der Waals surface area contributed by atoms with E-state index in [2.05, 4.69) is 121 Å². The van der Waals surface area contributed by atoms with Crippen LogP contribution in [0.15, 0.2) is 185 Å². The summed E-state index contributed by atoms with van der Waals surface area (Å²) in [5, 5.41) is 6.46. The Hall–Kier alpha value is -7.37. The summed E-state index contributed by atoms with van der Waals surface area (Å²) >= 11 is 0. The predicted octanol–water partition coefficient (Wildman–Crippen LogP) is 13.2. The van der Waals surface area contributed by atoms with Gasteiger partial charge in [-0.25, -0.2) is 15.0 Å². The van der Waals surface area contributed by atoms with Crippen LogP contribution >= 0.6 is 0 Å². The second-order valence-electron chi connectivity index (χ2n) is 13.6. The third kappa shape index (κ3) is 4.98. The first kappa shape index (κ1) is 30.3. The SMILES string of the molecule is c1ccc(-c2ccc(-c3nc(-c4ccccc4)nc(-c4cccc5oc6ccc(-c7ccc8c(c7)oc7c9ccccc9ccc87)cc6c45)n3)cc2)cc1. The summed E-state index contributed by atoms with van der Waals surface area (Å²) in [6.45, 7) is 0. The lowest BCUT2D eigenvalue weighted by Crippen LogP contribution is -2.00. The van der Waals surface area contributed by atoms with Gasteiger partial charge in [0.15, 0.2) is 17.5 Å². The second kappa shape index (κ2) is 12.1. The molecule has 11 aromatic rings. The molecular formula is C49H29N3O2. The molecule has 0 atom stereocenters. The third-order valence-corrected chi connectivity index (χ3v) is 10.4. The van der Waals surface area contributed by atoms with Gasteiger partial charge in [0, 0.05) is 43.6 Å². The highest BCUT2D eigenvalue weighted by Crippen LogP contribution is 2.40. The largest absolute Gasteiger partial charge is 0.456 e. The first-order chi connectivity index (χ1) is 26.7. The normalized spacial score (nSPS) is 11.7. The van der Waals surface area contributed by atoms with Gasteiger partial charge in [-0.15, -0.1) is 0 Å². The fraction of sp³-hybridized carbons (Fsp3) is 0. The highest BCUT2D eigenvalue weighted by atomic mass is 16.3. The molecule has 5 nitrogen and oxygen atoms in total. The van der Waals surface area contributed by atoms with Crippen molar-refractivity contribution in [3.8, 4) is 56.4 Å². The first-order valence-corrected chi connectivity index (χ1v) is 18.0. The zero-order chi connectivity index (χ0) is 35.6. The van der Waals surface area contributed by atoms with Crippen molar-refractivity contribution in [2.45, 2.75) is 0 Å². The Bertz CT molecular complexity index is 3200. The molecule has 0 unspecified atom stereocenters. The van der Waals surface area contributed by atoms with Crippen molar-refractivity contribution >= 4 is 54.6 Å². The van der Waals surface area contributed by atoms with Crippen LogP contribution < -0.4 is 0 Å². The Labute approximate surface area is 309 Å². The standard InChI is InChI=1S/C49H29N3O2/c1-3-10-30(11-4-1)31-18-20-34(21-19-31)48-50-47(33-13-5-2-6-14-33)51-49(52-48)40-16-9-17-43-45(40)41-28-35(24-27-42(41)53-43)36-23-25-38-39-26-22-32-12-7-8-15-37(32)46(39)54-44(38)29-36/h1-29H. The molecule has 0 spiro atoms. The van der Waals surface area contributed by atoms with Crippen LogP contribution in [0.1, 0.15) is 0 Å². The fourth-order valence-electron chi connectivity index (χ4n) is 7.66. The Kier molecular flexibility index (Phi) is 6.79. The van der Waals surface area contributed by atoms with Gasteiger partial charge in [-0.1, -0.05) is 140 Å².